The molecule has 3 heterocycles. The highest BCUT2D eigenvalue weighted by atomic mass is 16.5. The minimum Gasteiger partial charge on any atom is -0.485 e. The molecule has 4 aliphatic rings. The van der Waals surface area contributed by atoms with Gasteiger partial charge in [0.05, 0.1) is 11.4 Å². The molecule has 5 aromatic rings. The van der Waals surface area contributed by atoms with Gasteiger partial charge in [-0.2, -0.15) is 0 Å². The fourth-order valence-corrected chi connectivity index (χ4v) is 7.69. The second kappa shape index (κ2) is 8.26. The lowest BCUT2D eigenvalue weighted by atomic mass is 9.83. The Balaban J connectivity index is 1.16. The maximum absolute atomic E-state index is 6.56. The van der Waals surface area contributed by atoms with Crippen molar-refractivity contribution in [3.8, 4) is 11.4 Å². The molecule has 0 spiro atoms. The molecule has 1 saturated carbocycles. The molecule has 2 aromatic heterocycles. The minimum absolute atomic E-state index is 0.000131. The lowest BCUT2D eigenvalue weighted by Crippen LogP contribution is -2.32. The van der Waals surface area contributed by atoms with Crippen molar-refractivity contribution in [2.45, 2.75) is 62.9 Å². The van der Waals surface area contributed by atoms with Crippen LogP contribution in [0, 0.1) is 0 Å². The van der Waals surface area contributed by atoms with Gasteiger partial charge in [-0.15, -0.1) is 0 Å². The molecule has 1 fully saturated rings. The van der Waals surface area contributed by atoms with Gasteiger partial charge in [-0.1, -0.05) is 55.7 Å². The van der Waals surface area contributed by atoms with Crippen molar-refractivity contribution >= 4 is 40.1 Å². The maximum Gasteiger partial charge on any atom is 0.135 e. The van der Waals surface area contributed by atoms with Crippen molar-refractivity contribution in [1.82, 2.24) is 4.57 Å². The summed E-state index contributed by atoms with van der Waals surface area (Å²) in [5.41, 5.74) is 9.95. The average Bonchev–Trinajstić information content (AvgIpc) is 3.64. The van der Waals surface area contributed by atoms with Crippen molar-refractivity contribution in [1.29, 1.82) is 0 Å². The number of aromatic nitrogens is 1. The Hall–Kier alpha value is -3.98. The maximum atomic E-state index is 6.56. The first-order chi connectivity index (χ1) is 19.3. The van der Waals surface area contributed by atoms with Crippen LogP contribution in [0.3, 0.4) is 0 Å². The molecule has 0 radical (unpaired) electrons. The fourth-order valence-electron chi connectivity index (χ4n) is 7.69. The van der Waals surface area contributed by atoms with E-state index in [-0.39, 0.29) is 12.0 Å². The van der Waals surface area contributed by atoms with Gasteiger partial charge in [0.15, 0.2) is 0 Å². The number of hydrogen-bond donors (Lipinski definition) is 0. The molecule has 9 rings (SSSR count). The van der Waals surface area contributed by atoms with E-state index in [0.717, 1.165) is 29.6 Å². The zero-order valence-corrected chi connectivity index (χ0v) is 22.0. The summed E-state index contributed by atoms with van der Waals surface area (Å²) in [6.07, 6.45) is 18.1. The van der Waals surface area contributed by atoms with Gasteiger partial charge in [0, 0.05) is 38.5 Å². The van der Waals surface area contributed by atoms with Gasteiger partial charge in [0.2, 0.25) is 0 Å². The molecule has 2 atom stereocenters. The Morgan fingerprint density at radius 3 is 2.72 bits per heavy atom. The number of furan rings is 1. The smallest absolute Gasteiger partial charge is 0.135 e. The lowest BCUT2D eigenvalue weighted by Gasteiger charge is -2.21. The van der Waals surface area contributed by atoms with Crippen LogP contribution >= 0.6 is 0 Å². The molecule has 39 heavy (non-hydrogen) atoms. The highest BCUT2D eigenvalue weighted by molar-refractivity contribution is 5.93. The minimum atomic E-state index is 0.000131. The predicted octanol–water partition coefficient (Wildman–Crippen LogP) is 7.50. The normalized spacial score (nSPS) is 21.5. The van der Waals surface area contributed by atoms with Crippen LogP contribution in [0.1, 0.15) is 72.7 Å². The molecular formula is C36H31NO2. The molecule has 3 aliphatic carbocycles. The van der Waals surface area contributed by atoms with Crippen molar-refractivity contribution in [3.05, 3.63) is 99.8 Å². The highest BCUT2D eigenvalue weighted by Gasteiger charge is 2.35. The number of benzene rings is 3. The molecule has 0 amide bonds. The Bertz CT molecular complexity index is 1950. The van der Waals surface area contributed by atoms with E-state index in [1.165, 1.54) is 81.7 Å². The molecule has 2 unspecified atom stereocenters. The van der Waals surface area contributed by atoms with E-state index in [0.29, 0.717) is 5.92 Å². The number of hydrogen-bond acceptors (Lipinski definition) is 2. The van der Waals surface area contributed by atoms with Crippen LogP contribution in [-0.4, -0.2) is 10.7 Å². The number of para-hydroxylation sites is 1. The summed E-state index contributed by atoms with van der Waals surface area (Å²) >= 11 is 0. The van der Waals surface area contributed by atoms with Crippen LogP contribution in [0.4, 0.5) is 0 Å². The SMILES string of the molecule is C1=Cc2c(n(-c3ccc4c(c3)C3C=c5oc6ccc(C7CCCCC7)cc6c5=CC3O4)c3ccccc23)CC1. The van der Waals surface area contributed by atoms with E-state index >= 15 is 0 Å². The number of ether oxygens (including phenoxy) is 1. The summed E-state index contributed by atoms with van der Waals surface area (Å²) in [4.78, 5) is 0. The largest absolute Gasteiger partial charge is 0.485 e. The summed E-state index contributed by atoms with van der Waals surface area (Å²) < 4.78 is 15.5. The Labute approximate surface area is 227 Å². The standard InChI is InChI=1S/C36H31NO2/c1-2-8-22(9-3-1)23-14-16-33-27(18-23)29-20-36-30(21-35(29)38-33)28-19-24(15-17-34(28)39-36)37-31-12-6-4-10-25(31)26-11-5-7-13-32(26)37/h4-6,10-12,14-22,30,36H,1-3,7-9,13H2. The molecule has 0 N–H and O–H groups in total. The van der Waals surface area contributed by atoms with Crippen LogP contribution in [0.2, 0.25) is 0 Å². The molecule has 0 saturated heterocycles. The third-order valence-electron chi connectivity index (χ3n) is 9.59. The molecule has 3 heteroatoms. The highest BCUT2D eigenvalue weighted by Crippen LogP contribution is 2.43. The van der Waals surface area contributed by atoms with Crippen molar-refractivity contribution in [2.75, 3.05) is 0 Å². The van der Waals surface area contributed by atoms with E-state index in [2.05, 4.69) is 89.5 Å². The molecule has 3 aromatic carbocycles. The quantitative estimate of drug-likeness (QED) is 0.246. The van der Waals surface area contributed by atoms with Crippen molar-refractivity contribution in [3.63, 3.8) is 0 Å². The molecular weight excluding hydrogens is 478 g/mol. The average molecular weight is 510 g/mol. The molecule has 0 bridgehead atoms. The first-order valence-corrected chi connectivity index (χ1v) is 14.7. The Morgan fingerprint density at radius 2 is 1.77 bits per heavy atom. The number of allylic oxidation sites excluding steroid dienone is 1. The van der Waals surface area contributed by atoms with E-state index in [1.807, 2.05) is 0 Å². The summed E-state index contributed by atoms with van der Waals surface area (Å²) in [6, 6.07) is 22.4. The molecule has 3 nitrogen and oxygen atoms in total. The van der Waals surface area contributed by atoms with Gasteiger partial charge in [-0.25, -0.2) is 0 Å². The topological polar surface area (TPSA) is 27.3 Å². The number of fused-ring (bicyclic) bond motifs is 9. The first kappa shape index (κ1) is 21.9. The third-order valence-corrected chi connectivity index (χ3v) is 9.59. The second-order valence-corrected chi connectivity index (χ2v) is 11.8. The van der Waals surface area contributed by atoms with Gasteiger partial charge in [0.1, 0.15) is 22.9 Å². The lowest BCUT2D eigenvalue weighted by molar-refractivity contribution is 0.287. The Morgan fingerprint density at radius 1 is 0.846 bits per heavy atom. The van der Waals surface area contributed by atoms with Gasteiger partial charge < -0.3 is 13.7 Å². The molecule has 192 valence electrons. The molecule has 1 aliphatic heterocycles. The van der Waals surface area contributed by atoms with Gasteiger partial charge >= 0.3 is 0 Å². The van der Waals surface area contributed by atoms with E-state index in [4.69, 9.17) is 9.15 Å². The predicted molar refractivity (Wildman–Crippen MR) is 158 cm³/mol. The first-order valence-electron chi connectivity index (χ1n) is 14.7. The van der Waals surface area contributed by atoms with E-state index in [9.17, 15) is 0 Å². The van der Waals surface area contributed by atoms with E-state index in [1.54, 1.807) is 0 Å². The summed E-state index contributed by atoms with van der Waals surface area (Å²) in [5, 5.41) is 3.77. The zero-order chi connectivity index (χ0) is 25.5. The van der Waals surface area contributed by atoms with Crippen molar-refractivity contribution in [2.24, 2.45) is 0 Å². The monoisotopic (exact) mass is 509 g/mol. The number of nitrogens with zero attached hydrogens (tertiary/aromatic N) is 1. The summed E-state index contributed by atoms with van der Waals surface area (Å²) in [5.74, 6) is 1.83. The van der Waals surface area contributed by atoms with E-state index < -0.39 is 0 Å². The third kappa shape index (κ3) is 3.22. The van der Waals surface area contributed by atoms with Crippen LogP contribution in [0.25, 0.3) is 45.8 Å². The Kier molecular flexibility index (Phi) is 4.64. The second-order valence-electron chi connectivity index (χ2n) is 11.8. The van der Waals surface area contributed by atoms with Gasteiger partial charge in [-0.05, 0) is 85.7 Å². The van der Waals surface area contributed by atoms with Crippen molar-refractivity contribution < 1.29 is 9.15 Å². The van der Waals surface area contributed by atoms with Crippen LogP contribution in [0.5, 0.6) is 5.75 Å². The van der Waals surface area contributed by atoms with Crippen LogP contribution < -0.4 is 15.4 Å². The fraction of sp³-hybridized carbons (Fsp3) is 0.278. The van der Waals surface area contributed by atoms with Crippen LogP contribution in [0.15, 0.2) is 71.2 Å². The zero-order valence-electron chi connectivity index (χ0n) is 22.0. The van der Waals surface area contributed by atoms with Gasteiger partial charge in [-0.3, -0.25) is 0 Å². The number of rotatable bonds is 2. The summed E-state index contributed by atoms with van der Waals surface area (Å²) in [6.45, 7) is 0. The summed E-state index contributed by atoms with van der Waals surface area (Å²) in [7, 11) is 0. The van der Waals surface area contributed by atoms with Crippen LogP contribution in [-0.2, 0) is 6.42 Å². The van der Waals surface area contributed by atoms with Gasteiger partial charge in [0.25, 0.3) is 0 Å².